The highest BCUT2D eigenvalue weighted by atomic mass is 19.1. The summed E-state index contributed by atoms with van der Waals surface area (Å²) in [5, 5.41) is 6.61. The van der Waals surface area contributed by atoms with Gasteiger partial charge < -0.3 is 10.6 Å². The van der Waals surface area contributed by atoms with Crippen LogP contribution in [0.15, 0.2) is 24.3 Å². The minimum atomic E-state index is -0.107. The molecule has 0 aliphatic heterocycles. The largest absolute Gasteiger partial charge is 0.315 e. The van der Waals surface area contributed by atoms with E-state index in [-0.39, 0.29) is 5.82 Å². The first-order valence-corrected chi connectivity index (χ1v) is 5.87. The average Bonchev–Trinajstić information content (AvgIpc) is 2.25. The van der Waals surface area contributed by atoms with E-state index in [9.17, 15) is 4.39 Å². The van der Waals surface area contributed by atoms with Crippen LogP contribution < -0.4 is 10.6 Å². The highest BCUT2D eigenvalue weighted by molar-refractivity contribution is 5.17. The molecular weight excluding hydrogens is 203 g/mol. The number of hydrogen-bond donors (Lipinski definition) is 2. The lowest BCUT2D eigenvalue weighted by atomic mass is 10.1. The van der Waals surface area contributed by atoms with Crippen molar-refractivity contribution in [3.63, 3.8) is 0 Å². The molecule has 0 atom stereocenters. The van der Waals surface area contributed by atoms with Crippen molar-refractivity contribution in [3.05, 3.63) is 35.6 Å². The first kappa shape index (κ1) is 13.1. The first-order valence-electron chi connectivity index (χ1n) is 5.87. The Bertz CT molecular complexity index is 300. The third-order valence-corrected chi connectivity index (χ3v) is 2.38. The number of benzene rings is 1. The zero-order chi connectivity index (χ0) is 11.8. The van der Waals surface area contributed by atoms with Crippen LogP contribution in [0.3, 0.4) is 0 Å². The lowest BCUT2D eigenvalue weighted by Gasteiger charge is -2.09. The third-order valence-electron chi connectivity index (χ3n) is 2.38. The van der Waals surface area contributed by atoms with E-state index < -0.39 is 0 Å². The molecule has 0 fully saturated rings. The Labute approximate surface area is 97.3 Å². The van der Waals surface area contributed by atoms with E-state index in [1.807, 2.05) is 12.1 Å². The van der Waals surface area contributed by atoms with Crippen molar-refractivity contribution in [1.82, 2.24) is 10.6 Å². The smallest absolute Gasteiger partial charge is 0.126 e. The molecule has 0 saturated heterocycles. The van der Waals surface area contributed by atoms with Gasteiger partial charge in [0.1, 0.15) is 5.82 Å². The maximum absolute atomic E-state index is 13.2. The van der Waals surface area contributed by atoms with E-state index in [0.29, 0.717) is 6.04 Å². The van der Waals surface area contributed by atoms with Crippen LogP contribution in [0.2, 0.25) is 0 Å². The summed E-state index contributed by atoms with van der Waals surface area (Å²) in [7, 11) is 0. The number of nitrogens with one attached hydrogen (secondary N) is 2. The second-order valence-electron chi connectivity index (χ2n) is 4.20. The quantitative estimate of drug-likeness (QED) is 0.692. The molecule has 16 heavy (non-hydrogen) atoms. The van der Waals surface area contributed by atoms with Crippen molar-refractivity contribution in [2.24, 2.45) is 0 Å². The lowest BCUT2D eigenvalue weighted by Crippen LogP contribution is -2.32. The fourth-order valence-corrected chi connectivity index (χ4v) is 1.50. The zero-order valence-electron chi connectivity index (χ0n) is 10.1. The summed E-state index contributed by atoms with van der Waals surface area (Å²) in [4.78, 5) is 0. The summed E-state index contributed by atoms with van der Waals surface area (Å²) in [6.45, 7) is 6.95. The van der Waals surface area contributed by atoms with Gasteiger partial charge in [-0.05, 0) is 24.6 Å². The zero-order valence-corrected chi connectivity index (χ0v) is 10.1. The van der Waals surface area contributed by atoms with Crippen LogP contribution >= 0.6 is 0 Å². The molecule has 0 bridgehead atoms. The fraction of sp³-hybridized carbons (Fsp3) is 0.538. The number of rotatable bonds is 7. The van der Waals surface area contributed by atoms with E-state index in [2.05, 4.69) is 24.5 Å². The lowest BCUT2D eigenvalue weighted by molar-refractivity contribution is 0.551. The van der Waals surface area contributed by atoms with Crippen molar-refractivity contribution < 1.29 is 4.39 Å². The summed E-state index contributed by atoms with van der Waals surface area (Å²) < 4.78 is 13.2. The van der Waals surface area contributed by atoms with Crippen LogP contribution in [0.1, 0.15) is 19.4 Å². The molecule has 0 aromatic heterocycles. The van der Waals surface area contributed by atoms with Gasteiger partial charge in [-0.2, -0.15) is 0 Å². The minimum Gasteiger partial charge on any atom is -0.315 e. The molecule has 0 heterocycles. The number of halogens is 1. The molecule has 1 rings (SSSR count). The maximum atomic E-state index is 13.2. The van der Waals surface area contributed by atoms with Crippen LogP contribution in [0.5, 0.6) is 0 Å². The molecule has 2 nitrogen and oxygen atoms in total. The van der Waals surface area contributed by atoms with Gasteiger partial charge in [0, 0.05) is 19.1 Å². The van der Waals surface area contributed by atoms with Gasteiger partial charge in [-0.15, -0.1) is 0 Å². The van der Waals surface area contributed by atoms with Crippen LogP contribution in [-0.2, 0) is 6.42 Å². The van der Waals surface area contributed by atoms with E-state index in [0.717, 1.165) is 31.6 Å². The van der Waals surface area contributed by atoms with Crippen molar-refractivity contribution in [3.8, 4) is 0 Å². The van der Waals surface area contributed by atoms with E-state index >= 15 is 0 Å². The monoisotopic (exact) mass is 224 g/mol. The molecule has 0 radical (unpaired) electrons. The standard InChI is InChI=1S/C13H21FN2/c1-11(2)16-10-9-15-8-7-12-5-3-4-6-13(12)14/h3-6,11,15-16H,7-10H2,1-2H3. The Morgan fingerprint density at radius 2 is 1.88 bits per heavy atom. The molecule has 90 valence electrons. The normalized spacial score (nSPS) is 11.0. The summed E-state index contributed by atoms with van der Waals surface area (Å²) in [5.41, 5.74) is 0.784. The van der Waals surface area contributed by atoms with Gasteiger partial charge in [-0.1, -0.05) is 32.0 Å². The molecule has 0 amide bonds. The SMILES string of the molecule is CC(C)NCCNCCc1ccccc1F. The summed E-state index contributed by atoms with van der Waals surface area (Å²) in [6.07, 6.45) is 0.744. The molecule has 0 aliphatic carbocycles. The Balaban J connectivity index is 2.10. The molecule has 3 heteroatoms. The first-order chi connectivity index (χ1) is 7.70. The topological polar surface area (TPSA) is 24.1 Å². The van der Waals surface area contributed by atoms with Crippen molar-refractivity contribution in [1.29, 1.82) is 0 Å². The molecule has 1 aromatic rings. The van der Waals surface area contributed by atoms with Crippen LogP contribution in [0.25, 0.3) is 0 Å². The average molecular weight is 224 g/mol. The van der Waals surface area contributed by atoms with Crippen molar-refractivity contribution >= 4 is 0 Å². The van der Waals surface area contributed by atoms with Gasteiger partial charge in [-0.3, -0.25) is 0 Å². The minimum absolute atomic E-state index is 0.107. The molecule has 0 unspecified atom stereocenters. The van der Waals surface area contributed by atoms with Gasteiger partial charge in [-0.25, -0.2) is 4.39 Å². The van der Waals surface area contributed by atoms with Crippen LogP contribution in [0, 0.1) is 5.82 Å². The molecule has 0 saturated carbocycles. The van der Waals surface area contributed by atoms with Gasteiger partial charge in [0.05, 0.1) is 0 Å². The Hall–Kier alpha value is -0.930. The molecule has 1 aromatic carbocycles. The fourth-order valence-electron chi connectivity index (χ4n) is 1.50. The van der Waals surface area contributed by atoms with Gasteiger partial charge >= 0.3 is 0 Å². The van der Waals surface area contributed by atoms with Gasteiger partial charge in [0.25, 0.3) is 0 Å². The highest BCUT2D eigenvalue weighted by Gasteiger charge is 1.99. The number of hydrogen-bond acceptors (Lipinski definition) is 2. The second kappa shape index (κ2) is 7.36. The van der Waals surface area contributed by atoms with Crippen LogP contribution in [0.4, 0.5) is 4.39 Å². The Kier molecular flexibility index (Phi) is 6.04. The summed E-state index contributed by atoms with van der Waals surface area (Å²) in [6, 6.07) is 7.46. The van der Waals surface area contributed by atoms with E-state index in [4.69, 9.17) is 0 Å². The molecule has 0 aliphatic rings. The Morgan fingerprint density at radius 1 is 1.12 bits per heavy atom. The van der Waals surface area contributed by atoms with E-state index in [1.54, 1.807) is 6.07 Å². The molecule has 2 N–H and O–H groups in total. The highest BCUT2D eigenvalue weighted by Crippen LogP contribution is 2.05. The van der Waals surface area contributed by atoms with Gasteiger partial charge in [0.2, 0.25) is 0 Å². The maximum Gasteiger partial charge on any atom is 0.126 e. The van der Waals surface area contributed by atoms with Crippen LogP contribution in [-0.4, -0.2) is 25.7 Å². The van der Waals surface area contributed by atoms with Crippen molar-refractivity contribution in [2.75, 3.05) is 19.6 Å². The van der Waals surface area contributed by atoms with Crippen molar-refractivity contribution in [2.45, 2.75) is 26.3 Å². The van der Waals surface area contributed by atoms with E-state index in [1.165, 1.54) is 6.07 Å². The third kappa shape index (κ3) is 5.24. The predicted octanol–water partition coefficient (Wildman–Crippen LogP) is 1.96. The Morgan fingerprint density at radius 3 is 2.56 bits per heavy atom. The predicted molar refractivity (Wildman–Crippen MR) is 66.1 cm³/mol. The summed E-state index contributed by atoms with van der Waals surface area (Å²) in [5.74, 6) is -0.107. The molecular formula is C13H21FN2. The van der Waals surface area contributed by atoms with Gasteiger partial charge in [0.15, 0.2) is 0 Å². The summed E-state index contributed by atoms with van der Waals surface area (Å²) >= 11 is 0. The second-order valence-corrected chi connectivity index (χ2v) is 4.20. The molecule has 0 spiro atoms.